The molecule has 1 aromatic carbocycles. The van der Waals surface area contributed by atoms with Gasteiger partial charge in [-0.15, -0.1) is 5.10 Å². The van der Waals surface area contributed by atoms with Crippen LogP contribution in [0.2, 0.25) is 0 Å². The average Bonchev–Trinajstić information content (AvgIpc) is 2.87. The molecule has 0 aliphatic carbocycles. The quantitative estimate of drug-likeness (QED) is 0.783. The lowest BCUT2D eigenvalue weighted by atomic mass is 9.78. The summed E-state index contributed by atoms with van der Waals surface area (Å²) in [5.41, 5.74) is 1.39. The third-order valence-corrected chi connectivity index (χ3v) is 4.40. The van der Waals surface area contributed by atoms with E-state index in [-0.39, 0.29) is 17.8 Å². The number of aliphatic hydroxyl groups is 1. The molecule has 1 saturated heterocycles. The summed E-state index contributed by atoms with van der Waals surface area (Å²) in [6, 6.07) is 5.47. The second-order valence-electron chi connectivity index (χ2n) is 6.38. The molecule has 0 amide bonds. The fourth-order valence-corrected chi connectivity index (χ4v) is 3.24. The van der Waals surface area contributed by atoms with E-state index in [4.69, 9.17) is 0 Å². The molecule has 0 bridgehead atoms. The van der Waals surface area contributed by atoms with Crippen molar-refractivity contribution in [2.75, 3.05) is 0 Å². The zero-order chi connectivity index (χ0) is 15.9. The number of benzene rings is 1. The van der Waals surface area contributed by atoms with Gasteiger partial charge in [-0.05, 0) is 37.5 Å². The predicted molar refractivity (Wildman–Crippen MR) is 82.3 cm³/mol. The number of piperidine rings is 1. The van der Waals surface area contributed by atoms with Crippen molar-refractivity contribution in [3.8, 4) is 5.75 Å². The fourth-order valence-electron chi connectivity index (χ4n) is 3.24. The Balaban J connectivity index is 1.93. The molecule has 0 saturated carbocycles. The van der Waals surface area contributed by atoms with Crippen molar-refractivity contribution in [3.05, 3.63) is 41.2 Å². The van der Waals surface area contributed by atoms with E-state index in [1.165, 1.54) is 0 Å². The average molecular weight is 302 g/mol. The molecule has 22 heavy (non-hydrogen) atoms. The number of hydrogen-bond donors (Lipinski definition) is 3. The summed E-state index contributed by atoms with van der Waals surface area (Å²) in [5.74, 6) is 0.216. The molecule has 0 radical (unpaired) electrons. The number of phenols is 1. The van der Waals surface area contributed by atoms with Crippen LogP contribution in [0.15, 0.2) is 24.4 Å². The van der Waals surface area contributed by atoms with Crippen molar-refractivity contribution in [1.29, 1.82) is 0 Å². The van der Waals surface area contributed by atoms with Crippen LogP contribution in [-0.4, -0.2) is 31.2 Å². The molecular formula is C16H22N4O2. The third-order valence-electron chi connectivity index (χ3n) is 4.40. The largest absolute Gasteiger partial charge is 0.508 e. The van der Waals surface area contributed by atoms with Crippen molar-refractivity contribution >= 4 is 0 Å². The molecule has 1 aliphatic rings. The molecule has 2 heterocycles. The lowest BCUT2D eigenvalue weighted by Crippen LogP contribution is -2.47. The van der Waals surface area contributed by atoms with Gasteiger partial charge in [0.1, 0.15) is 5.75 Å². The van der Waals surface area contributed by atoms with Crippen LogP contribution in [-0.2, 0) is 12.6 Å². The Morgan fingerprint density at radius 2 is 2.14 bits per heavy atom. The number of rotatable bonds is 2. The maximum atomic E-state index is 11.2. The summed E-state index contributed by atoms with van der Waals surface area (Å²) in [5, 5.41) is 32.7. The molecule has 0 spiro atoms. The molecule has 3 rings (SSSR count). The third kappa shape index (κ3) is 2.71. The summed E-state index contributed by atoms with van der Waals surface area (Å²) < 4.78 is 1.66. The highest BCUT2D eigenvalue weighted by molar-refractivity contribution is 5.38. The summed E-state index contributed by atoms with van der Waals surface area (Å²) >= 11 is 0. The number of aryl methyl sites for hydroxylation is 2. The van der Waals surface area contributed by atoms with Crippen LogP contribution in [0.4, 0.5) is 0 Å². The number of nitrogens with one attached hydrogen (secondary N) is 1. The normalized spacial score (nSPS) is 28.7. The van der Waals surface area contributed by atoms with Crippen molar-refractivity contribution in [3.63, 3.8) is 0 Å². The van der Waals surface area contributed by atoms with Gasteiger partial charge in [-0.1, -0.05) is 17.3 Å². The summed E-state index contributed by atoms with van der Waals surface area (Å²) in [7, 11) is 1.83. The Kier molecular flexibility index (Phi) is 3.66. The second kappa shape index (κ2) is 5.37. The number of phenolic OH excluding ortho intramolecular Hbond substituents is 1. The number of hydrogen-bond acceptors (Lipinski definition) is 5. The molecule has 3 N–H and O–H groups in total. The lowest BCUT2D eigenvalue weighted by molar-refractivity contribution is -0.0237. The molecule has 6 heteroatoms. The Labute approximate surface area is 129 Å². The van der Waals surface area contributed by atoms with E-state index in [2.05, 4.69) is 15.6 Å². The van der Waals surface area contributed by atoms with Crippen LogP contribution in [0.1, 0.15) is 42.6 Å². The Morgan fingerprint density at radius 3 is 2.77 bits per heavy atom. The van der Waals surface area contributed by atoms with Gasteiger partial charge in [-0.2, -0.15) is 0 Å². The summed E-state index contributed by atoms with van der Waals surface area (Å²) in [4.78, 5) is 0. The molecule has 118 valence electrons. The number of aromatic hydroxyl groups is 1. The molecule has 1 fully saturated rings. The zero-order valence-corrected chi connectivity index (χ0v) is 13.1. The maximum Gasteiger partial charge on any atom is 0.118 e. The first-order valence-corrected chi connectivity index (χ1v) is 7.52. The Hall–Kier alpha value is -1.92. The predicted octanol–water partition coefficient (Wildman–Crippen LogP) is 1.53. The van der Waals surface area contributed by atoms with E-state index in [1.54, 1.807) is 10.7 Å². The summed E-state index contributed by atoms with van der Waals surface area (Å²) in [6.07, 6.45) is 2.95. The monoisotopic (exact) mass is 302 g/mol. The van der Waals surface area contributed by atoms with Gasteiger partial charge in [0.05, 0.1) is 17.3 Å². The Morgan fingerprint density at radius 1 is 1.36 bits per heavy atom. The van der Waals surface area contributed by atoms with Crippen LogP contribution in [0.5, 0.6) is 5.75 Å². The SMILES string of the molecule is Cc1ccc([C@@]2(O)C[C@@H](c3cn(C)nn3)N[C@@H](C)C2)cc1O. The second-order valence-corrected chi connectivity index (χ2v) is 6.38. The van der Waals surface area contributed by atoms with E-state index in [0.29, 0.717) is 12.8 Å². The van der Waals surface area contributed by atoms with Crippen molar-refractivity contribution in [1.82, 2.24) is 20.3 Å². The van der Waals surface area contributed by atoms with E-state index in [0.717, 1.165) is 16.8 Å². The van der Waals surface area contributed by atoms with Crippen molar-refractivity contribution in [2.24, 2.45) is 7.05 Å². The topological polar surface area (TPSA) is 83.2 Å². The smallest absolute Gasteiger partial charge is 0.118 e. The van der Waals surface area contributed by atoms with Gasteiger partial charge < -0.3 is 15.5 Å². The minimum Gasteiger partial charge on any atom is -0.508 e. The molecule has 2 aromatic rings. The zero-order valence-electron chi connectivity index (χ0n) is 13.1. The van der Waals surface area contributed by atoms with Crippen LogP contribution in [0, 0.1) is 6.92 Å². The minimum atomic E-state index is -0.988. The van der Waals surface area contributed by atoms with Crippen molar-refractivity contribution in [2.45, 2.75) is 44.4 Å². The van der Waals surface area contributed by atoms with E-state index >= 15 is 0 Å². The van der Waals surface area contributed by atoms with E-state index in [9.17, 15) is 10.2 Å². The molecule has 6 nitrogen and oxygen atoms in total. The highest BCUT2D eigenvalue weighted by Crippen LogP contribution is 2.40. The fraction of sp³-hybridized carbons (Fsp3) is 0.500. The molecule has 1 aromatic heterocycles. The van der Waals surface area contributed by atoms with Gasteiger partial charge in [-0.25, -0.2) is 0 Å². The molecule has 0 unspecified atom stereocenters. The first-order chi connectivity index (χ1) is 10.4. The van der Waals surface area contributed by atoms with Gasteiger partial charge in [0, 0.05) is 25.7 Å². The first-order valence-electron chi connectivity index (χ1n) is 7.52. The van der Waals surface area contributed by atoms with Gasteiger partial charge in [-0.3, -0.25) is 4.68 Å². The molecular weight excluding hydrogens is 280 g/mol. The molecule has 1 aliphatic heterocycles. The molecule has 3 atom stereocenters. The van der Waals surface area contributed by atoms with Crippen LogP contribution >= 0.6 is 0 Å². The van der Waals surface area contributed by atoms with Gasteiger partial charge in [0.25, 0.3) is 0 Å². The maximum absolute atomic E-state index is 11.2. The minimum absolute atomic E-state index is 0.0640. The van der Waals surface area contributed by atoms with Crippen LogP contribution in [0.3, 0.4) is 0 Å². The van der Waals surface area contributed by atoms with Gasteiger partial charge in [0.15, 0.2) is 0 Å². The van der Waals surface area contributed by atoms with Gasteiger partial charge in [0.2, 0.25) is 0 Å². The van der Waals surface area contributed by atoms with E-state index in [1.807, 2.05) is 39.2 Å². The first kappa shape index (κ1) is 15.0. The standard InChI is InChI=1S/C16H22N4O2/c1-10-4-5-12(6-15(10)21)16(22)7-11(2)17-13(8-16)14-9-20(3)19-18-14/h4-6,9,11,13,17,21-22H,7-8H2,1-3H3/t11-,13-,16-/m0/s1. The van der Waals surface area contributed by atoms with E-state index < -0.39 is 5.60 Å². The number of aromatic nitrogens is 3. The van der Waals surface area contributed by atoms with Crippen molar-refractivity contribution < 1.29 is 10.2 Å². The number of nitrogens with zero attached hydrogens (tertiary/aromatic N) is 3. The van der Waals surface area contributed by atoms with Crippen LogP contribution < -0.4 is 5.32 Å². The highest BCUT2D eigenvalue weighted by atomic mass is 16.3. The highest BCUT2D eigenvalue weighted by Gasteiger charge is 2.40. The van der Waals surface area contributed by atoms with Gasteiger partial charge >= 0.3 is 0 Å². The Bertz CT molecular complexity index is 685. The van der Waals surface area contributed by atoms with Crippen LogP contribution in [0.25, 0.3) is 0 Å². The summed E-state index contributed by atoms with van der Waals surface area (Å²) in [6.45, 7) is 3.89. The lowest BCUT2D eigenvalue weighted by Gasteiger charge is -2.40.